The van der Waals surface area contributed by atoms with Crippen LogP contribution < -0.4 is 10.2 Å². The molecule has 398 valence electrons. The van der Waals surface area contributed by atoms with Crippen LogP contribution in [0.25, 0.3) is 0 Å². The fourth-order valence-electron chi connectivity index (χ4n) is 8.18. The average molecular weight is 976 g/mol. The van der Waals surface area contributed by atoms with Crippen LogP contribution >= 0.6 is 7.82 Å². The molecule has 0 spiro atoms. The molecule has 0 aromatic heterocycles. The molecular weight excluding hydrogens is 864 g/mol. The largest absolute Gasteiger partial charge is 0.756 e. The smallest absolute Gasteiger partial charge is 0.268 e. The van der Waals surface area contributed by atoms with E-state index in [1.54, 1.807) is 6.08 Å². The van der Waals surface area contributed by atoms with Crippen molar-refractivity contribution in [2.45, 2.75) is 270 Å². The van der Waals surface area contributed by atoms with Crippen molar-refractivity contribution in [2.75, 3.05) is 40.9 Å². The number of phosphoric ester groups is 1. The van der Waals surface area contributed by atoms with Gasteiger partial charge in [-0.3, -0.25) is 9.36 Å². The number of nitrogens with one attached hydrogen (secondary N) is 1. The third-order valence-electron chi connectivity index (χ3n) is 12.7. The summed E-state index contributed by atoms with van der Waals surface area (Å²) in [7, 11) is 1.24. The quantitative estimate of drug-likeness (QED) is 0.0272. The number of aliphatic hydroxyl groups excluding tert-OH is 1. The molecule has 1 amide bonds. The Morgan fingerprint density at radius 1 is 0.515 bits per heavy atom. The van der Waals surface area contributed by atoms with Gasteiger partial charge in [0.05, 0.1) is 39.9 Å². The van der Waals surface area contributed by atoms with Crippen LogP contribution in [0.3, 0.4) is 0 Å². The fourth-order valence-corrected chi connectivity index (χ4v) is 8.90. The number of allylic oxidation sites excluding steroid dienone is 9. The SMILES string of the molecule is CCCCCCC/C=C\C/C=C\C/C=C\CCCCCCCCCCCCCCCCCCC(=O)NC(COP(=O)([O-])OCC[N+](C)(C)C)C(O)/C=C/CC/C=C/CCCCCCCCCCC. The highest BCUT2D eigenvalue weighted by atomic mass is 31.2. The van der Waals surface area contributed by atoms with E-state index in [4.69, 9.17) is 9.05 Å². The third-order valence-corrected chi connectivity index (χ3v) is 13.7. The van der Waals surface area contributed by atoms with E-state index in [0.29, 0.717) is 17.4 Å². The number of amides is 1. The number of phosphoric acid groups is 1. The van der Waals surface area contributed by atoms with Gasteiger partial charge in [0, 0.05) is 6.42 Å². The first-order chi connectivity index (χ1) is 33.0. The number of quaternary nitrogens is 1. The Balaban J connectivity index is 4.12. The summed E-state index contributed by atoms with van der Waals surface area (Å²) in [6, 6.07) is -0.904. The molecule has 0 aliphatic carbocycles. The van der Waals surface area contributed by atoms with Crippen molar-refractivity contribution in [2.24, 2.45) is 0 Å². The molecule has 68 heavy (non-hydrogen) atoms. The van der Waals surface area contributed by atoms with E-state index in [1.807, 2.05) is 27.2 Å². The second-order valence-corrected chi connectivity index (χ2v) is 22.0. The topological polar surface area (TPSA) is 108 Å². The fraction of sp³-hybridized carbons (Fsp3) is 0.814. The number of hydrogen-bond donors (Lipinski definition) is 2. The van der Waals surface area contributed by atoms with Gasteiger partial charge in [-0.2, -0.15) is 0 Å². The summed E-state index contributed by atoms with van der Waals surface area (Å²) < 4.78 is 23.3. The van der Waals surface area contributed by atoms with Gasteiger partial charge in [-0.15, -0.1) is 0 Å². The van der Waals surface area contributed by atoms with Crippen molar-refractivity contribution in [1.29, 1.82) is 0 Å². The molecule has 0 rings (SSSR count). The summed E-state index contributed by atoms with van der Waals surface area (Å²) in [4.78, 5) is 25.5. The van der Waals surface area contributed by atoms with E-state index in [1.165, 1.54) is 186 Å². The van der Waals surface area contributed by atoms with E-state index in [2.05, 4.69) is 67.8 Å². The first kappa shape index (κ1) is 66.2. The van der Waals surface area contributed by atoms with Crippen molar-refractivity contribution >= 4 is 13.7 Å². The standard InChI is InChI=1S/C59H111N2O6P/c1-6-8-10-12-14-16-18-20-22-23-24-25-26-27-28-29-30-31-32-33-34-35-36-37-39-41-43-45-47-49-51-53-59(63)60-57(56-67-68(64,65)66-55-54-61(3,4)5)58(62)52-50-48-46-44-42-40-38-21-19-17-15-13-11-9-7-2/h18,20,23-24,26-27,42,44,50,52,57-58,62H,6-17,19,21-22,25,28-41,43,45-49,51,53-56H2,1-5H3,(H-,60,63,64,65)/b20-18-,24-23-,27-26-,44-42+,52-50+. The third kappa shape index (κ3) is 52.0. The number of carbonyl (C=O) groups is 1. The van der Waals surface area contributed by atoms with Gasteiger partial charge in [-0.1, -0.05) is 242 Å². The van der Waals surface area contributed by atoms with Crippen LogP contribution in [0, 0.1) is 0 Å². The van der Waals surface area contributed by atoms with Gasteiger partial charge in [0.25, 0.3) is 7.82 Å². The van der Waals surface area contributed by atoms with E-state index in [9.17, 15) is 19.4 Å². The summed E-state index contributed by atoms with van der Waals surface area (Å²) in [5.74, 6) is -0.207. The lowest BCUT2D eigenvalue weighted by molar-refractivity contribution is -0.870. The number of nitrogens with zero attached hydrogens (tertiary/aromatic N) is 1. The van der Waals surface area contributed by atoms with Gasteiger partial charge in [-0.25, -0.2) is 0 Å². The molecule has 3 atom stereocenters. The molecule has 0 aromatic carbocycles. The highest BCUT2D eigenvalue weighted by molar-refractivity contribution is 7.45. The van der Waals surface area contributed by atoms with Crippen LogP contribution in [0.4, 0.5) is 0 Å². The molecule has 0 bridgehead atoms. The summed E-state index contributed by atoms with van der Waals surface area (Å²) in [6.45, 7) is 4.62. The Hall–Kier alpha value is -1.80. The molecule has 3 unspecified atom stereocenters. The molecule has 0 aliphatic heterocycles. The molecule has 0 fully saturated rings. The minimum atomic E-state index is -4.60. The predicted octanol–water partition coefficient (Wildman–Crippen LogP) is 16.7. The van der Waals surface area contributed by atoms with Crippen LogP contribution in [-0.4, -0.2) is 68.5 Å². The normalized spacial score (nSPS) is 14.4. The highest BCUT2D eigenvalue weighted by Gasteiger charge is 2.23. The number of hydrogen-bond acceptors (Lipinski definition) is 6. The minimum Gasteiger partial charge on any atom is -0.756 e. The first-order valence-electron chi connectivity index (χ1n) is 28.7. The van der Waals surface area contributed by atoms with Crippen molar-refractivity contribution in [1.82, 2.24) is 5.32 Å². The van der Waals surface area contributed by atoms with Gasteiger partial charge >= 0.3 is 0 Å². The molecule has 0 radical (unpaired) electrons. The van der Waals surface area contributed by atoms with Gasteiger partial charge in [0.1, 0.15) is 13.2 Å². The number of aliphatic hydroxyl groups is 1. The van der Waals surface area contributed by atoms with Gasteiger partial charge < -0.3 is 28.8 Å². The number of carbonyl (C=O) groups excluding carboxylic acids is 1. The van der Waals surface area contributed by atoms with E-state index < -0.39 is 26.6 Å². The molecule has 8 nitrogen and oxygen atoms in total. The van der Waals surface area contributed by atoms with E-state index in [-0.39, 0.29) is 12.5 Å². The lowest BCUT2D eigenvalue weighted by atomic mass is 10.0. The molecule has 9 heteroatoms. The van der Waals surface area contributed by atoms with Gasteiger partial charge in [-0.05, 0) is 70.6 Å². The summed E-state index contributed by atoms with van der Waals surface area (Å²) in [6.07, 6.45) is 67.3. The zero-order valence-corrected chi connectivity index (χ0v) is 46.2. The lowest BCUT2D eigenvalue weighted by Gasteiger charge is -2.29. The molecule has 0 aliphatic rings. The van der Waals surface area contributed by atoms with Gasteiger partial charge in [0.15, 0.2) is 0 Å². The zero-order chi connectivity index (χ0) is 49.9. The van der Waals surface area contributed by atoms with Crippen molar-refractivity contribution in [3.8, 4) is 0 Å². The Labute approximate surface area is 422 Å². The number of rotatable bonds is 52. The predicted molar refractivity (Wildman–Crippen MR) is 293 cm³/mol. The first-order valence-corrected chi connectivity index (χ1v) is 30.1. The van der Waals surface area contributed by atoms with Crippen LogP contribution in [0.15, 0.2) is 60.8 Å². The Morgan fingerprint density at radius 3 is 1.29 bits per heavy atom. The lowest BCUT2D eigenvalue weighted by Crippen LogP contribution is -2.45. The molecule has 0 heterocycles. The zero-order valence-electron chi connectivity index (χ0n) is 45.3. The molecule has 0 saturated heterocycles. The summed E-state index contributed by atoms with van der Waals surface area (Å²) >= 11 is 0. The molecule has 0 aromatic rings. The number of unbranched alkanes of at least 4 members (excludes halogenated alkanes) is 31. The molecule has 0 saturated carbocycles. The Bertz CT molecular complexity index is 1290. The van der Waals surface area contributed by atoms with Crippen LogP contribution in [0.2, 0.25) is 0 Å². The average Bonchev–Trinajstić information content (AvgIpc) is 3.30. The monoisotopic (exact) mass is 975 g/mol. The van der Waals surface area contributed by atoms with Crippen molar-refractivity contribution in [3.05, 3.63) is 60.8 Å². The minimum absolute atomic E-state index is 0.00716. The van der Waals surface area contributed by atoms with E-state index >= 15 is 0 Å². The number of likely N-dealkylation sites (N-methyl/N-ethyl adjacent to an activating group) is 1. The maximum atomic E-state index is 12.9. The van der Waals surface area contributed by atoms with Crippen LogP contribution in [0.1, 0.15) is 258 Å². The Morgan fingerprint density at radius 2 is 0.868 bits per heavy atom. The molecule has 2 N–H and O–H groups in total. The second-order valence-electron chi connectivity index (χ2n) is 20.6. The van der Waals surface area contributed by atoms with Crippen molar-refractivity contribution < 1.29 is 32.9 Å². The molecular formula is C59H111N2O6P. The second kappa shape index (κ2) is 50.2. The maximum Gasteiger partial charge on any atom is 0.268 e. The van der Waals surface area contributed by atoms with Gasteiger partial charge in [0.2, 0.25) is 5.91 Å². The van der Waals surface area contributed by atoms with E-state index in [0.717, 1.165) is 51.4 Å². The van der Waals surface area contributed by atoms with Crippen molar-refractivity contribution in [3.63, 3.8) is 0 Å². The maximum absolute atomic E-state index is 12.9. The highest BCUT2D eigenvalue weighted by Crippen LogP contribution is 2.38. The summed E-state index contributed by atoms with van der Waals surface area (Å²) in [5, 5.41) is 13.8. The summed E-state index contributed by atoms with van der Waals surface area (Å²) in [5.41, 5.74) is 0. The van der Waals surface area contributed by atoms with Crippen LogP contribution in [0.5, 0.6) is 0 Å². The van der Waals surface area contributed by atoms with Crippen LogP contribution in [-0.2, 0) is 18.4 Å². The Kier molecular flexibility index (Phi) is 48.8.